The molecule has 0 N–H and O–H groups in total. The van der Waals surface area contributed by atoms with E-state index in [1.807, 2.05) is 73.8 Å². The van der Waals surface area contributed by atoms with Gasteiger partial charge in [-0.05, 0) is 74.2 Å². The quantitative estimate of drug-likeness (QED) is 0.189. The molecule has 3 aromatic carbocycles. The maximum atomic E-state index is 4.62. The second-order valence-electron chi connectivity index (χ2n) is 9.30. The van der Waals surface area contributed by atoms with Gasteiger partial charge in [-0.15, -0.1) is 36.9 Å². The first-order chi connectivity index (χ1) is 19.1. The molecule has 0 radical (unpaired) electrons. The van der Waals surface area contributed by atoms with E-state index in [1.165, 1.54) is 29.2 Å². The average molecular weight is 551 g/mol. The van der Waals surface area contributed by atoms with Crippen LogP contribution in [0.1, 0.15) is 24.0 Å². The predicted molar refractivity (Wildman–Crippen MR) is 160 cm³/mol. The molecule has 194 valence electrons. The van der Waals surface area contributed by atoms with E-state index in [0.29, 0.717) is 5.13 Å². The Bertz CT molecular complexity index is 1700. The molecule has 5 aromatic rings. The lowest BCUT2D eigenvalue weighted by Gasteiger charge is -2.13. The molecule has 39 heavy (non-hydrogen) atoms. The third kappa shape index (κ3) is 5.67. The van der Waals surface area contributed by atoms with Crippen molar-refractivity contribution in [3.8, 4) is 0 Å². The lowest BCUT2D eigenvalue weighted by molar-refractivity contribution is 0.949. The number of aryl methyl sites for hydroxylation is 2. The Morgan fingerprint density at radius 2 is 1.31 bits per heavy atom. The van der Waals surface area contributed by atoms with Crippen LogP contribution in [0.5, 0.6) is 0 Å². The van der Waals surface area contributed by atoms with E-state index in [2.05, 4.69) is 46.6 Å². The molecule has 10 heteroatoms. The van der Waals surface area contributed by atoms with Crippen LogP contribution in [-0.2, 0) is 0 Å². The van der Waals surface area contributed by atoms with Crippen molar-refractivity contribution in [1.29, 1.82) is 0 Å². The lowest BCUT2D eigenvalue weighted by atomic mass is 10.1. The Hall–Kier alpha value is -4.15. The van der Waals surface area contributed by atoms with Crippen LogP contribution in [-0.4, -0.2) is 18.1 Å². The Morgan fingerprint density at radius 3 is 1.95 bits per heavy atom. The number of azo groups is 3. The standard InChI is InChI=1S/C29H26N8S2/c1-19-18-26(34-36-29-30-13-16-38-29)20(2)17-25(19)33-31-23-9-10-24(22-8-4-3-7-21(22)23)32-35-27-11-12-28(39-27)37-14-5-6-15-37/h3-4,7-13,16-18H,5-6,14-15H2,1-2H3/b33-31+,35-32+,36-34+. The third-order valence-electron chi connectivity index (χ3n) is 6.57. The average Bonchev–Trinajstić information content (AvgIpc) is 3.75. The SMILES string of the molecule is Cc1cc(/N=N/c2ccc(/N=N/c3ccc(N4CCCC4)s3)c3ccccc23)c(C)cc1/N=N/c1nccs1. The highest BCUT2D eigenvalue weighted by Gasteiger charge is 2.14. The monoisotopic (exact) mass is 550 g/mol. The fourth-order valence-electron chi connectivity index (χ4n) is 4.49. The zero-order valence-corrected chi connectivity index (χ0v) is 23.3. The minimum Gasteiger partial charge on any atom is -0.363 e. The van der Waals surface area contributed by atoms with Crippen LogP contribution in [0.3, 0.4) is 0 Å². The highest BCUT2D eigenvalue weighted by atomic mass is 32.1. The molecule has 0 saturated carbocycles. The number of hydrogen-bond donors (Lipinski definition) is 0. The van der Waals surface area contributed by atoms with Crippen LogP contribution in [0.15, 0.2) is 103 Å². The molecule has 0 atom stereocenters. The van der Waals surface area contributed by atoms with Crippen LogP contribution < -0.4 is 4.90 Å². The predicted octanol–water partition coefficient (Wildman–Crippen LogP) is 10.8. The lowest BCUT2D eigenvalue weighted by Crippen LogP contribution is -2.15. The van der Waals surface area contributed by atoms with Gasteiger partial charge in [0.1, 0.15) is 5.00 Å². The van der Waals surface area contributed by atoms with Crippen molar-refractivity contribution in [2.75, 3.05) is 18.0 Å². The van der Waals surface area contributed by atoms with Gasteiger partial charge in [0, 0.05) is 35.4 Å². The molecular formula is C29H26N8S2. The van der Waals surface area contributed by atoms with Gasteiger partial charge >= 0.3 is 0 Å². The van der Waals surface area contributed by atoms with Gasteiger partial charge < -0.3 is 4.90 Å². The second kappa shape index (κ2) is 11.3. The molecule has 1 fully saturated rings. The summed E-state index contributed by atoms with van der Waals surface area (Å²) in [6.45, 7) is 6.24. The number of aromatic nitrogens is 1. The van der Waals surface area contributed by atoms with Gasteiger partial charge in [-0.3, -0.25) is 0 Å². The van der Waals surface area contributed by atoms with Crippen LogP contribution in [0.4, 0.5) is 37.9 Å². The molecule has 8 nitrogen and oxygen atoms in total. The summed E-state index contributed by atoms with van der Waals surface area (Å²) >= 11 is 3.14. The van der Waals surface area contributed by atoms with E-state index in [0.717, 1.165) is 62.7 Å². The summed E-state index contributed by atoms with van der Waals surface area (Å²) in [7, 11) is 0. The number of anilines is 1. The summed E-state index contributed by atoms with van der Waals surface area (Å²) in [5.74, 6) is 0. The summed E-state index contributed by atoms with van der Waals surface area (Å²) in [6.07, 6.45) is 4.23. The topological polar surface area (TPSA) is 90.3 Å². The fraction of sp³-hybridized carbons (Fsp3) is 0.207. The Labute approximate surface area is 234 Å². The summed E-state index contributed by atoms with van der Waals surface area (Å²) in [6, 6.07) is 20.1. The first kappa shape index (κ1) is 25.1. The second-order valence-corrected chi connectivity index (χ2v) is 11.2. The molecule has 1 aliphatic rings. The molecule has 0 unspecified atom stereocenters. The maximum absolute atomic E-state index is 4.62. The Morgan fingerprint density at radius 1 is 0.692 bits per heavy atom. The summed E-state index contributed by atoms with van der Waals surface area (Å²) in [5, 5.41) is 33.6. The minimum atomic E-state index is 0.632. The van der Waals surface area contributed by atoms with Gasteiger partial charge in [-0.1, -0.05) is 35.6 Å². The number of thiophene rings is 1. The number of rotatable bonds is 7. The molecular weight excluding hydrogens is 525 g/mol. The van der Waals surface area contributed by atoms with E-state index < -0.39 is 0 Å². The van der Waals surface area contributed by atoms with E-state index in [-0.39, 0.29) is 0 Å². The molecule has 0 bridgehead atoms. The van der Waals surface area contributed by atoms with Crippen LogP contribution >= 0.6 is 22.7 Å². The highest BCUT2D eigenvalue weighted by molar-refractivity contribution is 7.19. The summed E-state index contributed by atoms with van der Waals surface area (Å²) < 4.78 is 0. The number of nitrogens with zero attached hydrogens (tertiary/aromatic N) is 8. The first-order valence-electron chi connectivity index (χ1n) is 12.8. The molecule has 6 rings (SSSR count). The van der Waals surface area contributed by atoms with Crippen molar-refractivity contribution in [3.63, 3.8) is 0 Å². The van der Waals surface area contributed by atoms with Crippen LogP contribution in [0.25, 0.3) is 10.8 Å². The fourth-order valence-corrected chi connectivity index (χ4v) is 5.83. The van der Waals surface area contributed by atoms with Crippen molar-refractivity contribution < 1.29 is 0 Å². The van der Waals surface area contributed by atoms with E-state index >= 15 is 0 Å². The minimum absolute atomic E-state index is 0.632. The van der Waals surface area contributed by atoms with Crippen LogP contribution in [0.2, 0.25) is 0 Å². The largest absolute Gasteiger partial charge is 0.363 e. The molecule has 0 amide bonds. The Kier molecular flexibility index (Phi) is 7.29. The number of hydrogen-bond acceptors (Lipinski definition) is 10. The van der Waals surface area contributed by atoms with E-state index in [4.69, 9.17) is 0 Å². The van der Waals surface area contributed by atoms with E-state index in [9.17, 15) is 0 Å². The molecule has 0 aliphatic carbocycles. The van der Waals surface area contributed by atoms with Crippen molar-refractivity contribution in [3.05, 3.63) is 83.4 Å². The van der Waals surface area contributed by atoms with Crippen molar-refractivity contribution in [1.82, 2.24) is 4.98 Å². The van der Waals surface area contributed by atoms with Crippen LogP contribution in [0, 0.1) is 13.8 Å². The van der Waals surface area contributed by atoms with Gasteiger partial charge in [-0.25, -0.2) is 4.98 Å². The van der Waals surface area contributed by atoms with Crippen molar-refractivity contribution >= 4 is 71.3 Å². The number of benzene rings is 3. The highest BCUT2D eigenvalue weighted by Crippen LogP contribution is 2.38. The maximum Gasteiger partial charge on any atom is 0.229 e. The van der Waals surface area contributed by atoms with Gasteiger partial charge in [0.05, 0.1) is 27.8 Å². The number of fused-ring (bicyclic) bond motifs is 1. The number of thiazole rings is 1. The zero-order chi connectivity index (χ0) is 26.6. The van der Waals surface area contributed by atoms with Gasteiger partial charge in [0.25, 0.3) is 0 Å². The first-order valence-corrected chi connectivity index (χ1v) is 14.5. The summed E-state index contributed by atoms with van der Waals surface area (Å²) in [5.41, 5.74) is 5.11. The van der Waals surface area contributed by atoms with Crippen molar-refractivity contribution in [2.45, 2.75) is 26.7 Å². The molecule has 1 aliphatic heterocycles. The molecule has 0 spiro atoms. The van der Waals surface area contributed by atoms with Crippen molar-refractivity contribution in [2.24, 2.45) is 30.7 Å². The zero-order valence-electron chi connectivity index (χ0n) is 21.7. The Balaban J connectivity index is 1.24. The van der Waals surface area contributed by atoms with Gasteiger partial charge in [0.15, 0.2) is 0 Å². The summed E-state index contributed by atoms with van der Waals surface area (Å²) in [4.78, 5) is 6.57. The molecule has 3 heterocycles. The molecule has 2 aromatic heterocycles. The van der Waals surface area contributed by atoms with Gasteiger partial charge in [0.2, 0.25) is 5.13 Å². The smallest absolute Gasteiger partial charge is 0.229 e. The normalized spacial score (nSPS) is 14.2. The van der Waals surface area contributed by atoms with E-state index in [1.54, 1.807) is 17.5 Å². The van der Waals surface area contributed by atoms with Gasteiger partial charge in [-0.2, -0.15) is 5.11 Å². The third-order valence-corrected chi connectivity index (χ3v) is 8.26. The molecule has 1 saturated heterocycles.